The Bertz CT molecular complexity index is 494. The first kappa shape index (κ1) is 12.4. The van der Waals surface area contributed by atoms with Crippen molar-refractivity contribution >= 4 is 5.97 Å². The highest BCUT2D eigenvalue weighted by atomic mass is 16.5. The van der Waals surface area contributed by atoms with Crippen LogP contribution < -0.4 is 4.74 Å². The van der Waals surface area contributed by atoms with Gasteiger partial charge >= 0.3 is 5.97 Å². The monoisotopic (exact) mass is 263 g/mol. The van der Waals surface area contributed by atoms with Crippen LogP contribution in [0, 0.1) is 0 Å². The number of hydrogen-bond acceptors (Lipinski definition) is 4. The van der Waals surface area contributed by atoms with Gasteiger partial charge in [0.15, 0.2) is 0 Å². The topological polar surface area (TPSA) is 68.7 Å². The second kappa shape index (κ2) is 5.17. The first-order valence-electron chi connectivity index (χ1n) is 6.74. The van der Waals surface area contributed by atoms with E-state index in [0.717, 1.165) is 50.0 Å². The molecule has 0 saturated carbocycles. The number of carboxylic acids is 1. The molecule has 0 radical (unpaired) electrons. The largest absolute Gasteiger partial charge is 0.477 e. The van der Waals surface area contributed by atoms with Crippen molar-refractivity contribution in [3.8, 4) is 5.88 Å². The van der Waals surface area contributed by atoms with Crippen molar-refractivity contribution in [3.05, 3.63) is 22.9 Å². The lowest BCUT2D eigenvalue weighted by atomic mass is 10.1. The number of carbonyl (C=O) groups is 1. The number of rotatable bonds is 4. The molecular weight excluding hydrogens is 246 g/mol. The van der Waals surface area contributed by atoms with E-state index in [9.17, 15) is 9.90 Å². The molecular formula is C14H17NO4. The maximum Gasteiger partial charge on any atom is 0.341 e. The Labute approximate surface area is 111 Å². The van der Waals surface area contributed by atoms with Gasteiger partial charge in [0.1, 0.15) is 12.2 Å². The second-order valence-corrected chi connectivity index (χ2v) is 5.05. The number of ether oxygens (including phenoxy) is 2. The zero-order chi connectivity index (χ0) is 13.2. The summed E-state index contributed by atoms with van der Waals surface area (Å²) in [4.78, 5) is 15.6. The minimum absolute atomic E-state index is 0.0664. The second-order valence-electron chi connectivity index (χ2n) is 5.05. The molecule has 1 aromatic heterocycles. The van der Waals surface area contributed by atoms with E-state index in [4.69, 9.17) is 9.47 Å². The highest BCUT2D eigenvalue weighted by Gasteiger charge is 2.23. The normalized spacial score (nSPS) is 21.4. The van der Waals surface area contributed by atoms with Gasteiger partial charge in [-0.2, -0.15) is 0 Å². The molecule has 1 fully saturated rings. The van der Waals surface area contributed by atoms with Crippen molar-refractivity contribution in [3.63, 3.8) is 0 Å². The molecule has 5 heteroatoms. The van der Waals surface area contributed by atoms with Crippen molar-refractivity contribution in [2.45, 2.75) is 38.2 Å². The molecule has 1 atom stereocenters. The summed E-state index contributed by atoms with van der Waals surface area (Å²) in [7, 11) is 0. The number of aryl methyl sites for hydroxylation is 2. The number of nitrogens with zero attached hydrogens (tertiary/aromatic N) is 1. The Morgan fingerprint density at radius 2 is 2.37 bits per heavy atom. The molecule has 3 rings (SSSR count). The van der Waals surface area contributed by atoms with Crippen molar-refractivity contribution < 1.29 is 19.4 Å². The lowest BCUT2D eigenvalue weighted by Crippen LogP contribution is -2.18. The summed E-state index contributed by atoms with van der Waals surface area (Å²) in [6.45, 7) is 1.14. The van der Waals surface area contributed by atoms with Gasteiger partial charge in [-0.05, 0) is 43.7 Å². The van der Waals surface area contributed by atoms with Gasteiger partial charge < -0.3 is 14.6 Å². The quantitative estimate of drug-likeness (QED) is 0.897. The summed E-state index contributed by atoms with van der Waals surface area (Å²) in [6.07, 6.45) is 4.93. The summed E-state index contributed by atoms with van der Waals surface area (Å²) < 4.78 is 11.1. The minimum Gasteiger partial charge on any atom is -0.477 e. The Kier molecular flexibility index (Phi) is 3.38. The fraction of sp³-hybridized carbons (Fsp3) is 0.571. The summed E-state index contributed by atoms with van der Waals surface area (Å²) in [5, 5.41) is 9.24. The van der Waals surface area contributed by atoms with Crippen molar-refractivity contribution in [2.24, 2.45) is 0 Å². The number of carboxylic acid groups (broad SMARTS) is 1. The molecule has 1 unspecified atom stereocenters. The molecule has 1 saturated heterocycles. The van der Waals surface area contributed by atoms with Crippen LogP contribution in [0.3, 0.4) is 0 Å². The van der Waals surface area contributed by atoms with Gasteiger partial charge in [-0.3, -0.25) is 0 Å². The molecule has 1 aliphatic carbocycles. The van der Waals surface area contributed by atoms with Crippen molar-refractivity contribution in [2.75, 3.05) is 13.2 Å². The average molecular weight is 263 g/mol. The molecule has 1 aliphatic heterocycles. The molecule has 0 aromatic carbocycles. The van der Waals surface area contributed by atoms with Gasteiger partial charge in [0.05, 0.1) is 6.10 Å². The summed E-state index contributed by atoms with van der Waals surface area (Å²) in [6, 6.07) is 1.71. The Morgan fingerprint density at radius 1 is 1.47 bits per heavy atom. The predicted octanol–water partition coefficient (Wildman–Crippen LogP) is 1.83. The third kappa shape index (κ3) is 2.56. The maximum absolute atomic E-state index is 11.3. The van der Waals surface area contributed by atoms with Crippen LogP contribution in [0.25, 0.3) is 0 Å². The van der Waals surface area contributed by atoms with Gasteiger partial charge in [-0.1, -0.05) is 0 Å². The van der Waals surface area contributed by atoms with Crippen LogP contribution in [0.4, 0.5) is 0 Å². The fourth-order valence-corrected chi connectivity index (χ4v) is 2.66. The lowest BCUT2D eigenvalue weighted by molar-refractivity contribution is 0.0616. The minimum atomic E-state index is -0.982. The highest BCUT2D eigenvalue weighted by Crippen LogP contribution is 2.27. The molecule has 1 N–H and O–H groups in total. The summed E-state index contributed by atoms with van der Waals surface area (Å²) in [5.74, 6) is -0.742. The van der Waals surface area contributed by atoms with Crippen LogP contribution >= 0.6 is 0 Å². The lowest BCUT2D eigenvalue weighted by Gasteiger charge is -2.13. The fourth-order valence-electron chi connectivity index (χ4n) is 2.66. The summed E-state index contributed by atoms with van der Waals surface area (Å²) in [5.41, 5.74) is 2.19. The van der Waals surface area contributed by atoms with Gasteiger partial charge in [-0.15, -0.1) is 0 Å². The van der Waals surface area contributed by atoms with E-state index in [-0.39, 0.29) is 17.5 Å². The van der Waals surface area contributed by atoms with E-state index in [0.29, 0.717) is 6.61 Å². The molecule has 2 heterocycles. The van der Waals surface area contributed by atoms with E-state index in [2.05, 4.69) is 4.98 Å². The SMILES string of the molecule is O=C(O)c1cc2c(nc1OCC1CCCO1)CCC2. The molecule has 19 heavy (non-hydrogen) atoms. The Morgan fingerprint density at radius 3 is 3.11 bits per heavy atom. The highest BCUT2D eigenvalue weighted by molar-refractivity contribution is 5.90. The molecule has 1 aromatic rings. The van der Waals surface area contributed by atoms with Gasteiger partial charge in [0.2, 0.25) is 5.88 Å². The average Bonchev–Trinajstić information content (AvgIpc) is 3.05. The van der Waals surface area contributed by atoms with Crippen molar-refractivity contribution in [1.82, 2.24) is 4.98 Å². The van der Waals surface area contributed by atoms with Crippen molar-refractivity contribution in [1.29, 1.82) is 0 Å². The third-order valence-corrected chi connectivity index (χ3v) is 3.68. The first-order valence-corrected chi connectivity index (χ1v) is 6.74. The molecule has 0 amide bonds. The van der Waals surface area contributed by atoms with Crippen LogP contribution in [0.5, 0.6) is 5.88 Å². The number of hydrogen-bond donors (Lipinski definition) is 1. The van der Waals surface area contributed by atoms with E-state index < -0.39 is 5.97 Å². The van der Waals surface area contributed by atoms with E-state index in [1.54, 1.807) is 6.07 Å². The molecule has 0 spiro atoms. The molecule has 102 valence electrons. The number of aromatic nitrogens is 1. The maximum atomic E-state index is 11.3. The smallest absolute Gasteiger partial charge is 0.341 e. The van der Waals surface area contributed by atoms with Crippen LogP contribution in [-0.4, -0.2) is 35.4 Å². The zero-order valence-electron chi connectivity index (χ0n) is 10.7. The van der Waals surface area contributed by atoms with E-state index >= 15 is 0 Å². The Hall–Kier alpha value is -1.62. The number of fused-ring (bicyclic) bond motifs is 1. The predicted molar refractivity (Wildman–Crippen MR) is 67.7 cm³/mol. The zero-order valence-corrected chi connectivity index (χ0v) is 10.7. The van der Waals surface area contributed by atoms with Gasteiger partial charge in [0.25, 0.3) is 0 Å². The third-order valence-electron chi connectivity index (χ3n) is 3.68. The molecule has 5 nitrogen and oxygen atoms in total. The van der Waals surface area contributed by atoms with E-state index in [1.165, 1.54) is 0 Å². The summed E-state index contributed by atoms with van der Waals surface area (Å²) >= 11 is 0. The van der Waals surface area contributed by atoms with Crippen LogP contribution in [-0.2, 0) is 17.6 Å². The standard InChI is InChI=1S/C14H17NO4/c16-14(17)11-7-9-3-1-5-12(9)15-13(11)19-8-10-4-2-6-18-10/h7,10H,1-6,8H2,(H,16,17). The van der Waals surface area contributed by atoms with E-state index in [1.807, 2.05) is 0 Å². The van der Waals surface area contributed by atoms with Crippen LogP contribution in [0.2, 0.25) is 0 Å². The first-order chi connectivity index (χ1) is 9.24. The number of pyridine rings is 1. The van der Waals surface area contributed by atoms with Crippen LogP contribution in [0.1, 0.15) is 40.9 Å². The van der Waals surface area contributed by atoms with Gasteiger partial charge in [0, 0.05) is 12.3 Å². The Balaban J connectivity index is 1.80. The number of aromatic carboxylic acids is 1. The van der Waals surface area contributed by atoms with Crippen LogP contribution in [0.15, 0.2) is 6.07 Å². The molecule has 0 bridgehead atoms. The molecule has 2 aliphatic rings. The van der Waals surface area contributed by atoms with Gasteiger partial charge in [-0.25, -0.2) is 9.78 Å².